The molecule has 2 heterocycles. The second-order valence-corrected chi connectivity index (χ2v) is 6.77. The first kappa shape index (κ1) is 11.0. The highest BCUT2D eigenvalue weighted by Gasteiger charge is 2.53. The van der Waals surface area contributed by atoms with Gasteiger partial charge in [-0.25, -0.2) is 0 Å². The van der Waals surface area contributed by atoms with Gasteiger partial charge in [0.15, 0.2) is 11.5 Å². The van der Waals surface area contributed by atoms with Gasteiger partial charge in [-0.15, -0.1) is 0 Å². The van der Waals surface area contributed by atoms with Gasteiger partial charge in [-0.05, 0) is 12.1 Å². The minimum absolute atomic E-state index is 0.164. The standard InChI is InChI=1S/C17H21NO4/c1-18(20)8-7-17-6-5-12(19)9-14(17)22-16-13(21-2)4-3-11(10-18)15(16)17/h3-6,12,14,19H,7-10H2,1-2H3/t12-,14-,17-,18?/m0/s1/i2D3. The number of hydrogen-bond acceptors (Lipinski definition) is 4. The molecule has 4 atom stereocenters. The van der Waals surface area contributed by atoms with Crippen LogP contribution in [0.2, 0.25) is 0 Å². The maximum absolute atomic E-state index is 12.7. The third-order valence-corrected chi connectivity index (χ3v) is 5.19. The molecule has 0 bridgehead atoms. The average Bonchev–Trinajstić information content (AvgIpc) is 2.76. The lowest BCUT2D eigenvalue weighted by molar-refractivity contribution is -0.874. The number of quaternary nitrogens is 1. The summed E-state index contributed by atoms with van der Waals surface area (Å²) in [6.07, 6.45) is 3.72. The molecular formula is C17H21NO4. The Morgan fingerprint density at radius 3 is 3.23 bits per heavy atom. The molecule has 1 aromatic rings. The summed E-state index contributed by atoms with van der Waals surface area (Å²) in [5, 5.41) is 22.7. The molecule has 5 nitrogen and oxygen atoms in total. The molecule has 0 aromatic heterocycles. The van der Waals surface area contributed by atoms with Gasteiger partial charge in [-0.1, -0.05) is 12.2 Å². The number of ether oxygens (including phenoxy) is 2. The Morgan fingerprint density at radius 2 is 2.41 bits per heavy atom. The first-order chi connectivity index (χ1) is 11.6. The third kappa shape index (κ3) is 1.82. The van der Waals surface area contributed by atoms with Gasteiger partial charge in [-0.3, -0.25) is 0 Å². The highest BCUT2D eigenvalue weighted by molar-refractivity contribution is 5.60. The van der Waals surface area contributed by atoms with E-state index in [4.69, 9.17) is 13.6 Å². The Kier molecular flexibility index (Phi) is 2.25. The lowest BCUT2D eigenvalue weighted by Gasteiger charge is -2.40. The van der Waals surface area contributed by atoms with Crippen LogP contribution in [0.15, 0.2) is 24.3 Å². The molecule has 0 amide bonds. The van der Waals surface area contributed by atoms with E-state index in [1.54, 1.807) is 25.3 Å². The maximum Gasteiger partial charge on any atom is 0.166 e. The van der Waals surface area contributed by atoms with E-state index in [-0.39, 0.29) is 11.9 Å². The van der Waals surface area contributed by atoms with Gasteiger partial charge >= 0.3 is 0 Å². The van der Waals surface area contributed by atoms with Crippen LogP contribution >= 0.6 is 0 Å². The molecule has 5 heteroatoms. The van der Waals surface area contributed by atoms with Crippen molar-refractivity contribution >= 4 is 0 Å². The Hall–Kier alpha value is -1.56. The fraction of sp³-hybridized carbons (Fsp3) is 0.529. The number of rotatable bonds is 1. The van der Waals surface area contributed by atoms with E-state index in [1.165, 1.54) is 0 Å². The van der Waals surface area contributed by atoms with Gasteiger partial charge in [0, 0.05) is 24.0 Å². The summed E-state index contributed by atoms with van der Waals surface area (Å²) in [5.74, 6) is 0.566. The van der Waals surface area contributed by atoms with E-state index < -0.39 is 23.2 Å². The lowest BCUT2D eigenvalue weighted by atomic mass is 9.69. The molecule has 118 valence electrons. The van der Waals surface area contributed by atoms with Crippen molar-refractivity contribution in [1.82, 2.24) is 0 Å². The number of aliphatic hydroxyl groups is 1. The maximum atomic E-state index is 12.7. The molecule has 1 aliphatic carbocycles. The van der Waals surface area contributed by atoms with Crippen LogP contribution in [-0.4, -0.2) is 42.6 Å². The summed E-state index contributed by atoms with van der Waals surface area (Å²) in [5.41, 5.74) is 1.19. The normalized spacial score (nSPS) is 41.3. The molecule has 1 spiro atoms. The Balaban J connectivity index is 1.90. The van der Waals surface area contributed by atoms with E-state index >= 15 is 0 Å². The highest BCUT2D eigenvalue weighted by Crippen LogP contribution is 2.56. The van der Waals surface area contributed by atoms with Crippen molar-refractivity contribution in [3.63, 3.8) is 0 Å². The third-order valence-electron chi connectivity index (χ3n) is 5.19. The lowest BCUT2D eigenvalue weighted by Crippen LogP contribution is -2.44. The second kappa shape index (κ2) is 4.47. The van der Waals surface area contributed by atoms with E-state index in [2.05, 4.69) is 0 Å². The van der Waals surface area contributed by atoms with Crippen molar-refractivity contribution in [1.29, 1.82) is 0 Å². The minimum Gasteiger partial charge on any atom is -0.633 e. The molecule has 0 saturated heterocycles. The zero-order chi connectivity index (χ0) is 18.0. The molecule has 1 aromatic carbocycles. The largest absolute Gasteiger partial charge is 0.633 e. The van der Waals surface area contributed by atoms with Gasteiger partial charge in [0.2, 0.25) is 0 Å². The van der Waals surface area contributed by atoms with Crippen molar-refractivity contribution in [2.24, 2.45) is 0 Å². The zero-order valence-corrected chi connectivity index (χ0v) is 12.4. The molecule has 2 aliphatic heterocycles. The monoisotopic (exact) mass is 306 g/mol. The van der Waals surface area contributed by atoms with Gasteiger partial charge < -0.3 is 24.4 Å². The number of aliphatic hydroxyl groups excluding tert-OH is 1. The predicted octanol–water partition coefficient (Wildman–Crippen LogP) is 1.86. The Bertz CT molecular complexity index is 746. The van der Waals surface area contributed by atoms with Gasteiger partial charge in [0.05, 0.1) is 36.3 Å². The smallest absolute Gasteiger partial charge is 0.166 e. The molecule has 3 aliphatic rings. The zero-order valence-electron chi connectivity index (χ0n) is 15.4. The number of benzene rings is 1. The first-order valence-corrected chi connectivity index (χ1v) is 7.55. The average molecular weight is 306 g/mol. The molecule has 4 rings (SSSR count). The van der Waals surface area contributed by atoms with Crippen LogP contribution in [0.3, 0.4) is 0 Å². The number of methoxy groups -OCH3 is 1. The Morgan fingerprint density at radius 1 is 1.55 bits per heavy atom. The SMILES string of the molecule is [2H]C([2H])([2H])Oc1ccc2c3c1O[C@H]1C[C@@H](O)C=C[C@@]31CC[N+](C)([O-])C2. The number of hydrogen-bond donors (Lipinski definition) is 1. The van der Waals surface area contributed by atoms with Gasteiger partial charge in [0.1, 0.15) is 12.6 Å². The molecule has 0 radical (unpaired) electrons. The fourth-order valence-corrected chi connectivity index (χ4v) is 4.11. The van der Waals surface area contributed by atoms with Crippen LogP contribution in [0, 0.1) is 5.21 Å². The van der Waals surface area contributed by atoms with Crippen molar-refractivity contribution in [2.45, 2.75) is 37.0 Å². The second-order valence-electron chi connectivity index (χ2n) is 6.77. The van der Waals surface area contributed by atoms with E-state index in [1.807, 2.05) is 6.08 Å². The molecule has 1 N–H and O–H groups in total. The van der Waals surface area contributed by atoms with Crippen molar-refractivity contribution < 1.29 is 23.3 Å². The summed E-state index contributed by atoms with van der Waals surface area (Å²) < 4.78 is 33.0. The van der Waals surface area contributed by atoms with Crippen LogP contribution in [0.5, 0.6) is 11.5 Å². The van der Waals surface area contributed by atoms with Gasteiger partial charge in [0.25, 0.3) is 0 Å². The summed E-state index contributed by atoms with van der Waals surface area (Å²) in [6.45, 7) is 0.717. The molecule has 0 fully saturated rings. The predicted molar refractivity (Wildman–Crippen MR) is 81.6 cm³/mol. The summed E-state index contributed by atoms with van der Waals surface area (Å²) in [6, 6.07) is 3.34. The van der Waals surface area contributed by atoms with Crippen molar-refractivity contribution in [3.05, 3.63) is 40.6 Å². The van der Waals surface area contributed by atoms with Crippen molar-refractivity contribution in [2.75, 3.05) is 20.6 Å². The first-order valence-electron chi connectivity index (χ1n) is 9.05. The molecular weight excluding hydrogens is 282 g/mol. The quantitative estimate of drug-likeness (QED) is 0.489. The van der Waals surface area contributed by atoms with Crippen LogP contribution in [0.25, 0.3) is 0 Å². The van der Waals surface area contributed by atoms with E-state index in [0.29, 0.717) is 31.7 Å². The van der Waals surface area contributed by atoms with Gasteiger partial charge in [-0.2, -0.15) is 0 Å². The summed E-state index contributed by atoms with van der Waals surface area (Å²) in [4.78, 5) is 0. The van der Waals surface area contributed by atoms with Crippen molar-refractivity contribution in [3.8, 4) is 11.5 Å². The minimum atomic E-state index is -2.59. The van der Waals surface area contributed by atoms with Crippen LogP contribution in [0.1, 0.15) is 28.1 Å². The summed E-state index contributed by atoms with van der Waals surface area (Å²) >= 11 is 0. The van der Waals surface area contributed by atoms with E-state index in [0.717, 1.165) is 11.1 Å². The fourth-order valence-electron chi connectivity index (χ4n) is 4.11. The van der Waals surface area contributed by atoms with Crippen LogP contribution in [-0.2, 0) is 12.0 Å². The van der Waals surface area contributed by atoms with Crippen LogP contribution < -0.4 is 9.47 Å². The van der Waals surface area contributed by atoms with Crippen LogP contribution in [0.4, 0.5) is 0 Å². The molecule has 1 unspecified atom stereocenters. The van der Waals surface area contributed by atoms with E-state index in [9.17, 15) is 10.3 Å². The summed E-state index contributed by atoms with van der Waals surface area (Å²) in [7, 11) is -0.938. The molecule has 22 heavy (non-hydrogen) atoms. The Labute approximate surface area is 134 Å². The highest BCUT2D eigenvalue weighted by atomic mass is 16.5. The topological polar surface area (TPSA) is 61.8 Å². The molecule has 0 saturated carbocycles. The number of hydroxylamine groups is 3. The number of nitrogens with zero attached hydrogens (tertiary/aromatic N) is 1.